The Bertz CT molecular complexity index is 357. The molecule has 0 aliphatic heterocycles. The van der Waals surface area contributed by atoms with Gasteiger partial charge >= 0.3 is 5.97 Å². The van der Waals surface area contributed by atoms with Crippen LogP contribution >= 0.6 is 0 Å². The number of anilines is 2. The van der Waals surface area contributed by atoms with Crippen molar-refractivity contribution in [2.24, 2.45) is 5.92 Å². The van der Waals surface area contributed by atoms with Gasteiger partial charge in [-0.05, 0) is 25.0 Å². The van der Waals surface area contributed by atoms with Gasteiger partial charge in [0.05, 0.1) is 17.8 Å². The van der Waals surface area contributed by atoms with E-state index in [0.717, 1.165) is 5.69 Å². The smallest absolute Gasteiger partial charge is 0.306 e. The number of nitrogens with two attached hydrogens (primary N) is 1. The average Bonchev–Trinajstić information content (AvgIpc) is 2.13. The summed E-state index contributed by atoms with van der Waals surface area (Å²) in [5.74, 6) is -0.412. The van der Waals surface area contributed by atoms with E-state index in [2.05, 4.69) is 10.3 Å². The SMILES string of the molecule is Nc1ccc(NC2CC(C(=O)O)C2)cn1. The Labute approximate surface area is 87.3 Å². The van der Waals surface area contributed by atoms with Crippen LogP contribution in [0, 0.1) is 5.92 Å². The normalized spacial score (nSPS) is 24.3. The summed E-state index contributed by atoms with van der Waals surface area (Å²) in [6, 6.07) is 3.81. The fourth-order valence-corrected chi connectivity index (χ4v) is 1.66. The van der Waals surface area contributed by atoms with E-state index in [1.54, 1.807) is 12.3 Å². The number of rotatable bonds is 3. The quantitative estimate of drug-likeness (QED) is 0.686. The van der Waals surface area contributed by atoms with Gasteiger partial charge in [-0.3, -0.25) is 4.79 Å². The van der Waals surface area contributed by atoms with Crippen LogP contribution in [0.25, 0.3) is 0 Å². The van der Waals surface area contributed by atoms with Crippen molar-refractivity contribution in [2.45, 2.75) is 18.9 Å². The first-order chi connectivity index (χ1) is 7.15. The summed E-state index contributed by atoms with van der Waals surface area (Å²) in [5, 5.41) is 11.9. The van der Waals surface area contributed by atoms with E-state index in [9.17, 15) is 4.79 Å². The van der Waals surface area contributed by atoms with Gasteiger partial charge in [-0.1, -0.05) is 0 Å². The molecule has 80 valence electrons. The molecule has 1 aromatic rings. The first-order valence-corrected chi connectivity index (χ1v) is 4.86. The number of pyridine rings is 1. The third kappa shape index (κ3) is 2.18. The molecule has 15 heavy (non-hydrogen) atoms. The van der Waals surface area contributed by atoms with Crippen LogP contribution in [0.2, 0.25) is 0 Å². The maximum atomic E-state index is 10.6. The molecule has 0 unspecified atom stereocenters. The molecule has 0 aromatic carbocycles. The van der Waals surface area contributed by atoms with Crippen molar-refractivity contribution in [3.63, 3.8) is 0 Å². The molecule has 1 fully saturated rings. The summed E-state index contributed by atoms with van der Waals surface area (Å²) in [6.07, 6.45) is 3.02. The molecule has 0 bridgehead atoms. The number of aromatic nitrogens is 1. The zero-order chi connectivity index (χ0) is 10.8. The Kier molecular flexibility index (Phi) is 2.45. The maximum Gasteiger partial charge on any atom is 0.306 e. The summed E-state index contributed by atoms with van der Waals surface area (Å²) in [7, 11) is 0. The van der Waals surface area contributed by atoms with Crippen LogP contribution in [-0.4, -0.2) is 22.1 Å². The molecule has 0 atom stereocenters. The van der Waals surface area contributed by atoms with E-state index in [1.807, 2.05) is 6.07 Å². The molecule has 1 saturated carbocycles. The lowest BCUT2D eigenvalue weighted by atomic mass is 9.80. The van der Waals surface area contributed by atoms with Crippen molar-refractivity contribution in [2.75, 3.05) is 11.1 Å². The maximum absolute atomic E-state index is 10.6. The van der Waals surface area contributed by atoms with Gasteiger partial charge in [0.25, 0.3) is 0 Å². The minimum absolute atomic E-state index is 0.191. The lowest BCUT2D eigenvalue weighted by Gasteiger charge is -2.33. The minimum atomic E-state index is -0.705. The van der Waals surface area contributed by atoms with Crippen LogP contribution in [-0.2, 0) is 4.79 Å². The predicted molar refractivity (Wildman–Crippen MR) is 56.4 cm³/mol. The van der Waals surface area contributed by atoms with E-state index in [0.29, 0.717) is 18.7 Å². The van der Waals surface area contributed by atoms with Crippen molar-refractivity contribution >= 4 is 17.5 Å². The van der Waals surface area contributed by atoms with E-state index in [-0.39, 0.29) is 12.0 Å². The second kappa shape index (κ2) is 3.76. The number of nitrogens with one attached hydrogen (secondary N) is 1. The Morgan fingerprint density at radius 3 is 2.80 bits per heavy atom. The molecule has 5 nitrogen and oxygen atoms in total. The van der Waals surface area contributed by atoms with Crippen LogP contribution in [0.4, 0.5) is 11.5 Å². The van der Waals surface area contributed by atoms with Crippen LogP contribution < -0.4 is 11.1 Å². The number of carboxylic acid groups (broad SMARTS) is 1. The van der Waals surface area contributed by atoms with E-state index >= 15 is 0 Å². The largest absolute Gasteiger partial charge is 0.481 e. The standard InChI is InChI=1S/C10H13N3O2/c11-9-2-1-7(5-12-9)13-8-3-6(4-8)10(14)15/h1-2,5-6,8,13H,3-4H2,(H2,11,12)(H,14,15). The Morgan fingerprint density at radius 2 is 2.27 bits per heavy atom. The summed E-state index contributed by atoms with van der Waals surface area (Å²) in [4.78, 5) is 14.5. The summed E-state index contributed by atoms with van der Waals surface area (Å²) < 4.78 is 0. The highest BCUT2D eigenvalue weighted by Crippen LogP contribution is 2.30. The molecule has 1 aliphatic carbocycles. The van der Waals surface area contributed by atoms with Gasteiger partial charge < -0.3 is 16.2 Å². The lowest BCUT2D eigenvalue weighted by molar-refractivity contribution is -0.144. The second-order valence-electron chi connectivity index (χ2n) is 3.82. The van der Waals surface area contributed by atoms with E-state index < -0.39 is 5.97 Å². The van der Waals surface area contributed by atoms with Crippen molar-refractivity contribution in [3.05, 3.63) is 18.3 Å². The number of carboxylic acids is 1. The monoisotopic (exact) mass is 207 g/mol. The lowest BCUT2D eigenvalue weighted by Crippen LogP contribution is -2.39. The Morgan fingerprint density at radius 1 is 1.53 bits per heavy atom. The number of nitrogen functional groups attached to an aromatic ring is 1. The van der Waals surface area contributed by atoms with Crippen molar-refractivity contribution in [1.82, 2.24) is 4.98 Å². The summed E-state index contributed by atoms with van der Waals surface area (Å²) in [6.45, 7) is 0. The van der Waals surface area contributed by atoms with Crippen LogP contribution in [0.15, 0.2) is 18.3 Å². The molecule has 0 saturated heterocycles. The van der Waals surface area contributed by atoms with Crippen LogP contribution in [0.5, 0.6) is 0 Å². The molecular weight excluding hydrogens is 194 g/mol. The van der Waals surface area contributed by atoms with E-state index in [1.165, 1.54) is 0 Å². The summed E-state index contributed by atoms with van der Waals surface area (Å²) >= 11 is 0. The molecule has 5 heteroatoms. The number of nitrogens with zero attached hydrogens (tertiary/aromatic N) is 1. The predicted octanol–water partition coefficient (Wildman–Crippen LogP) is 0.939. The third-order valence-corrected chi connectivity index (χ3v) is 2.64. The van der Waals surface area contributed by atoms with Gasteiger partial charge in [-0.15, -0.1) is 0 Å². The molecular formula is C10H13N3O2. The van der Waals surface area contributed by atoms with Crippen molar-refractivity contribution in [1.29, 1.82) is 0 Å². The highest BCUT2D eigenvalue weighted by molar-refractivity contribution is 5.71. The highest BCUT2D eigenvalue weighted by Gasteiger charge is 2.34. The first kappa shape index (κ1) is 9.76. The van der Waals surface area contributed by atoms with Gasteiger partial charge in [0.1, 0.15) is 5.82 Å². The average molecular weight is 207 g/mol. The van der Waals surface area contributed by atoms with E-state index in [4.69, 9.17) is 10.8 Å². The van der Waals surface area contributed by atoms with Crippen molar-refractivity contribution in [3.8, 4) is 0 Å². The molecule has 1 aliphatic rings. The molecule has 2 rings (SSSR count). The fourth-order valence-electron chi connectivity index (χ4n) is 1.66. The molecule has 0 amide bonds. The Hall–Kier alpha value is -1.78. The fraction of sp³-hybridized carbons (Fsp3) is 0.400. The molecule has 4 N–H and O–H groups in total. The van der Waals surface area contributed by atoms with Gasteiger partial charge in [0.2, 0.25) is 0 Å². The van der Waals surface area contributed by atoms with Gasteiger partial charge in [0.15, 0.2) is 0 Å². The minimum Gasteiger partial charge on any atom is -0.481 e. The van der Waals surface area contributed by atoms with Gasteiger partial charge in [-0.2, -0.15) is 0 Å². The molecule has 0 spiro atoms. The van der Waals surface area contributed by atoms with Gasteiger partial charge in [-0.25, -0.2) is 4.98 Å². The number of carbonyl (C=O) groups is 1. The molecule has 1 heterocycles. The zero-order valence-electron chi connectivity index (χ0n) is 8.18. The molecule has 0 radical (unpaired) electrons. The number of hydrogen-bond acceptors (Lipinski definition) is 4. The topological polar surface area (TPSA) is 88.2 Å². The highest BCUT2D eigenvalue weighted by atomic mass is 16.4. The van der Waals surface area contributed by atoms with Gasteiger partial charge in [0, 0.05) is 6.04 Å². The third-order valence-electron chi connectivity index (χ3n) is 2.64. The van der Waals surface area contributed by atoms with Crippen LogP contribution in [0.1, 0.15) is 12.8 Å². The number of aliphatic carboxylic acids is 1. The second-order valence-corrected chi connectivity index (χ2v) is 3.82. The molecule has 1 aromatic heterocycles. The number of hydrogen-bond donors (Lipinski definition) is 3. The first-order valence-electron chi connectivity index (χ1n) is 4.86. The Balaban J connectivity index is 1.85. The van der Waals surface area contributed by atoms with Crippen LogP contribution in [0.3, 0.4) is 0 Å². The van der Waals surface area contributed by atoms with Crippen molar-refractivity contribution < 1.29 is 9.90 Å². The zero-order valence-corrected chi connectivity index (χ0v) is 8.18. The summed E-state index contributed by atoms with van der Waals surface area (Å²) in [5.41, 5.74) is 6.34.